The first-order valence-corrected chi connectivity index (χ1v) is 7.19. The third-order valence-electron chi connectivity index (χ3n) is 3.17. The van der Waals surface area contributed by atoms with E-state index in [0.717, 1.165) is 29.5 Å². The summed E-state index contributed by atoms with van der Waals surface area (Å²) in [5, 5.41) is 16.5. The van der Waals surface area contributed by atoms with Crippen LogP contribution in [0.4, 0.5) is 11.4 Å². The number of hydrogen-bond acceptors (Lipinski definition) is 6. The van der Waals surface area contributed by atoms with E-state index in [0.29, 0.717) is 0 Å². The summed E-state index contributed by atoms with van der Waals surface area (Å²) in [5.74, 6) is -0.338. The van der Waals surface area contributed by atoms with Crippen molar-refractivity contribution in [2.24, 2.45) is 4.99 Å². The average molecular weight is 304 g/mol. The summed E-state index contributed by atoms with van der Waals surface area (Å²) in [6.45, 7) is 2.85. The minimum Gasteiger partial charge on any atom is -0.321 e. The molecule has 0 unspecified atom stereocenters. The van der Waals surface area contributed by atoms with E-state index in [-0.39, 0.29) is 17.3 Å². The van der Waals surface area contributed by atoms with Gasteiger partial charge in [0.25, 0.3) is 5.69 Å². The molecule has 1 aromatic rings. The van der Waals surface area contributed by atoms with Crippen LogP contribution in [0.1, 0.15) is 12.5 Å². The van der Waals surface area contributed by atoms with Crippen LogP contribution in [0.2, 0.25) is 0 Å². The zero-order valence-corrected chi connectivity index (χ0v) is 12.0. The zero-order valence-electron chi connectivity index (χ0n) is 11.2. The zero-order chi connectivity index (χ0) is 15.0. The molecular weight excluding hydrogens is 292 g/mol. The highest BCUT2D eigenvalue weighted by Gasteiger charge is 2.28. The molecule has 2 aliphatic heterocycles. The number of aliphatic imine (C=N–C) groups is 1. The lowest BCUT2D eigenvalue weighted by Gasteiger charge is -2.17. The summed E-state index contributed by atoms with van der Waals surface area (Å²) >= 11 is 1.52. The summed E-state index contributed by atoms with van der Waals surface area (Å²) < 4.78 is 0. The molecule has 0 aliphatic carbocycles. The highest BCUT2D eigenvalue weighted by atomic mass is 32.2. The third kappa shape index (κ3) is 2.49. The monoisotopic (exact) mass is 304 g/mol. The number of nitro groups is 1. The van der Waals surface area contributed by atoms with E-state index in [1.165, 1.54) is 24.8 Å². The lowest BCUT2D eigenvalue weighted by molar-refractivity contribution is -0.384. The Labute approximate surface area is 124 Å². The Hall–Kier alpha value is -2.35. The molecule has 1 N–H and O–H groups in total. The number of nitro benzene ring substituents is 1. The van der Waals surface area contributed by atoms with Gasteiger partial charge in [-0.3, -0.25) is 19.9 Å². The molecule has 0 radical (unpaired) electrons. The van der Waals surface area contributed by atoms with E-state index in [4.69, 9.17) is 0 Å². The second-order valence-corrected chi connectivity index (χ2v) is 5.44. The molecule has 0 saturated carbocycles. The number of amidine groups is 1. The van der Waals surface area contributed by atoms with Gasteiger partial charge in [-0.25, -0.2) is 0 Å². The topological polar surface area (TPSA) is 87.8 Å². The van der Waals surface area contributed by atoms with Gasteiger partial charge >= 0.3 is 0 Å². The molecule has 0 saturated heterocycles. The van der Waals surface area contributed by atoms with Crippen molar-refractivity contribution in [1.29, 1.82) is 0 Å². The smallest absolute Gasteiger partial charge is 0.293 e. The molecule has 8 heteroatoms. The van der Waals surface area contributed by atoms with Crippen molar-refractivity contribution in [3.8, 4) is 0 Å². The SMILES string of the molecule is CC(=O)Nc1ccc(C2=CSC3=NCCN23)cc1[N+](=O)[O-]. The molecule has 0 fully saturated rings. The standard InChI is InChI=1S/C13H12N4O3S/c1-8(18)15-10-3-2-9(6-11(10)17(19)20)12-7-21-13-14-4-5-16(12)13/h2-3,6-7H,4-5H2,1H3,(H,15,18). The van der Waals surface area contributed by atoms with Crippen molar-refractivity contribution >= 4 is 39.9 Å². The second-order valence-electron chi connectivity index (χ2n) is 4.61. The number of benzene rings is 1. The Kier molecular flexibility index (Phi) is 3.38. The van der Waals surface area contributed by atoms with Crippen LogP contribution in [-0.4, -0.2) is 34.0 Å². The minimum absolute atomic E-state index is 0.113. The largest absolute Gasteiger partial charge is 0.321 e. The van der Waals surface area contributed by atoms with Gasteiger partial charge in [-0.1, -0.05) is 17.8 Å². The fourth-order valence-corrected chi connectivity index (χ4v) is 3.25. The van der Waals surface area contributed by atoms with Crippen LogP contribution >= 0.6 is 11.8 Å². The van der Waals surface area contributed by atoms with Crippen LogP contribution in [0.15, 0.2) is 28.6 Å². The number of carbonyl (C=O) groups is 1. The highest BCUT2D eigenvalue weighted by molar-refractivity contribution is 8.16. The second kappa shape index (κ2) is 5.21. The van der Waals surface area contributed by atoms with Crippen molar-refractivity contribution in [3.63, 3.8) is 0 Å². The Morgan fingerprint density at radius 1 is 1.52 bits per heavy atom. The molecule has 0 atom stereocenters. The summed E-state index contributed by atoms with van der Waals surface area (Å²) in [7, 11) is 0. The van der Waals surface area contributed by atoms with E-state index in [1.807, 2.05) is 10.3 Å². The van der Waals surface area contributed by atoms with Crippen molar-refractivity contribution in [3.05, 3.63) is 39.3 Å². The van der Waals surface area contributed by atoms with Gasteiger partial charge in [0, 0.05) is 30.5 Å². The van der Waals surface area contributed by atoms with Crippen LogP contribution in [-0.2, 0) is 4.79 Å². The Bertz CT molecular complexity index is 699. The maximum atomic E-state index is 11.2. The van der Waals surface area contributed by atoms with Crippen LogP contribution in [0.3, 0.4) is 0 Å². The third-order valence-corrected chi connectivity index (χ3v) is 4.07. The fourth-order valence-electron chi connectivity index (χ4n) is 2.28. The first-order valence-electron chi connectivity index (χ1n) is 6.31. The molecule has 0 spiro atoms. The molecular formula is C13H12N4O3S. The number of thioether (sulfide) groups is 1. The van der Waals surface area contributed by atoms with Crippen LogP contribution in [0, 0.1) is 10.1 Å². The first-order chi connectivity index (χ1) is 10.1. The molecule has 1 amide bonds. The molecule has 0 bridgehead atoms. The van der Waals surface area contributed by atoms with Crippen LogP contribution in [0.5, 0.6) is 0 Å². The van der Waals surface area contributed by atoms with Crippen molar-refractivity contribution in [2.45, 2.75) is 6.92 Å². The molecule has 2 heterocycles. The quantitative estimate of drug-likeness (QED) is 0.683. The summed E-state index contributed by atoms with van der Waals surface area (Å²) in [5.41, 5.74) is 1.75. The highest BCUT2D eigenvalue weighted by Crippen LogP contribution is 2.37. The predicted molar refractivity (Wildman–Crippen MR) is 82.0 cm³/mol. The van der Waals surface area contributed by atoms with Gasteiger partial charge in [0.05, 0.1) is 17.2 Å². The molecule has 21 heavy (non-hydrogen) atoms. The van der Waals surface area contributed by atoms with E-state index in [1.54, 1.807) is 12.1 Å². The Morgan fingerprint density at radius 3 is 3.05 bits per heavy atom. The normalized spacial score (nSPS) is 16.3. The summed E-state index contributed by atoms with van der Waals surface area (Å²) in [4.78, 5) is 28.2. The number of hydrogen-bond donors (Lipinski definition) is 1. The van der Waals surface area contributed by atoms with E-state index in [2.05, 4.69) is 10.3 Å². The maximum absolute atomic E-state index is 11.2. The number of amides is 1. The van der Waals surface area contributed by atoms with Gasteiger partial charge in [0.15, 0.2) is 5.17 Å². The first kappa shape index (κ1) is 13.6. The average Bonchev–Trinajstić information content (AvgIpc) is 3.01. The van der Waals surface area contributed by atoms with Crippen LogP contribution < -0.4 is 5.32 Å². The minimum atomic E-state index is -0.490. The number of nitrogens with one attached hydrogen (secondary N) is 1. The summed E-state index contributed by atoms with van der Waals surface area (Å²) in [6.07, 6.45) is 0. The number of fused-ring (bicyclic) bond motifs is 1. The molecule has 2 aliphatic rings. The van der Waals surface area contributed by atoms with E-state index >= 15 is 0 Å². The van der Waals surface area contributed by atoms with Gasteiger partial charge in [-0.2, -0.15) is 0 Å². The predicted octanol–water partition coefficient (Wildman–Crippen LogP) is 2.27. The fraction of sp³-hybridized carbons (Fsp3) is 0.231. The lowest BCUT2D eigenvalue weighted by Crippen LogP contribution is -2.20. The van der Waals surface area contributed by atoms with Gasteiger partial charge in [-0.05, 0) is 6.07 Å². The van der Waals surface area contributed by atoms with Crippen LogP contribution in [0.25, 0.3) is 5.70 Å². The van der Waals surface area contributed by atoms with Gasteiger partial charge in [0.1, 0.15) is 5.69 Å². The van der Waals surface area contributed by atoms with Gasteiger partial charge in [-0.15, -0.1) is 0 Å². The molecule has 0 aromatic heterocycles. The summed E-state index contributed by atoms with van der Waals surface area (Å²) in [6, 6.07) is 4.82. The number of anilines is 1. The molecule has 1 aromatic carbocycles. The number of carbonyl (C=O) groups excluding carboxylic acids is 1. The lowest BCUT2D eigenvalue weighted by atomic mass is 10.1. The van der Waals surface area contributed by atoms with E-state index in [9.17, 15) is 14.9 Å². The van der Waals surface area contributed by atoms with Gasteiger partial charge in [0.2, 0.25) is 5.91 Å². The van der Waals surface area contributed by atoms with Gasteiger partial charge < -0.3 is 10.2 Å². The van der Waals surface area contributed by atoms with E-state index < -0.39 is 4.92 Å². The van der Waals surface area contributed by atoms with Crippen molar-refractivity contribution < 1.29 is 9.72 Å². The van der Waals surface area contributed by atoms with Crippen molar-refractivity contribution in [2.75, 3.05) is 18.4 Å². The number of nitrogens with zero attached hydrogens (tertiary/aromatic N) is 3. The Morgan fingerprint density at radius 2 is 2.33 bits per heavy atom. The molecule has 3 rings (SSSR count). The maximum Gasteiger partial charge on any atom is 0.293 e. The Balaban J connectivity index is 1.98. The molecule has 7 nitrogen and oxygen atoms in total. The number of rotatable bonds is 3. The molecule has 108 valence electrons. The van der Waals surface area contributed by atoms with Crippen molar-refractivity contribution in [1.82, 2.24) is 4.90 Å².